The minimum Gasteiger partial charge on any atom is -0.369 e. The van der Waals surface area contributed by atoms with Crippen LogP contribution in [0.4, 0.5) is 5.69 Å². The van der Waals surface area contributed by atoms with Gasteiger partial charge in [0.05, 0.1) is 0 Å². The number of hydrogen-bond acceptors (Lipinski definition) is 3. The number of halogens is 1. The number of aliphatic imine (C=N–C) groups is 1. The summed E-state index contributed by atoms with van der Waals surface area (Å²) in [5, 5.41) is 7.16. The Bertz CT molecular complexity index is 588. The lowest BCUT2D eigenvalue weighted by atomic mass is 10.1. The molecule has 2 aliphatic rings. The first-order valence-corrected chi connectivity index (χ1v) is 10.7. The molecule has 0 aromatic heterocycles. The number of anilines is 1. The molecule has 2 fully saturated rings. The average Bonchev–Trinajstić information content (AvgIpc) is 3.29. The van der Waals surface area contributed by atoms with Crippen molar-refractivity contribution in [1.29, 1.82) is 0 Å². The monoisotopic (exact) mass is 421 g/mol. The molecule has 5 nitrogen and oxygen atoms in total. The number of likely N-dealkylation sites (tertiary alicyclic amines) is 1. The van der Waals surface area contributed by atoms with Crippen LogP contribution >= 0.6 is 15.9 Å². The van der Waals surface area contributed by atoms with Crippen LogP contribution < -0.4 is 15.5 Å². The van der Waals surface area contributed by atoms with Crippen molar-refractivity contribution < 1.29 is 0 Å². The standard InChI is InChI=1S/C20H32BrN5/c1-3-10-25-11-8-16(14-25)13-23-20(22-2)24-18-9-12-26(15-18)19-6-4-17(21)5-7-19/h4-7,16,18H,3,8-15H2,1-2H3,(H2,22,23,24). The molecule has 2 aliphatic heterocycles. The maximum absolute atomic E-state index is 4.43. The van der Waals surface area contributed by atoms with E-state index < -0.39 is 0 Å². The van der Waals surface area contributed by atoms with Gasteiger partial charge < -0.3 is 20.4 Å². The summed E-state index contributed by atoms with van der Waals surface area (Å²) in [5.41, 5.74) is 1.29. The van der Waals surface area contributed by atoms with Crippen molar-refractivity contribution in [1.82, 2.24) is 15.5 Å². The molecule has 26 heavy (non-hydrogen) atoms. The molecule has 1 aromatic carbocycles. The van der Waals surface area contributed by atoms with Gasteiger partial charge in [-0.2, -0.15) is 0 Å². The zero-order chi connectivity index (χ0) is 18.4. The van der Waals surface area contributed by atoms with E-state index in [0.29, 0.717) is 6.04 Å². The lowest BCUT2D eigenvalue weighted by Crippen LogP contribution is -2.46. The van der Waals surface area contributed by atoms with Crippen LogP contribution in [0.2, 0.25) is 0 Å². The fourth-order valence-corrected chi connectivity index (χ4v) is 4.26. The quantitative estimate of drug-likeness (QED) is 0.547. The van der Waals surface area contributed by atoms with Crippen molar-refractivity contribution in [3.05, 3.63) is 28.7 Å². The molecular formula is C20H32BrN5. The van der Waals surface area contributed by atoms with Crippen LogP contribution in [0.5, 0.6) is 0 Å². The van der Waals surface area contributed by atoms with E-state index in [4.69, 9.17) is 0 Å². The van der Waals surface area contributed by atoms with Crippen LogP contribution in [0.3, 0.4) is 0 Å². The summed E-state index contributed by atoms with van der Waals surface area (Å²) in [6, 6.07) is 9.04. The van der Waals surface area contributed by atoms with Crippen molar-refractivity contribution in [2.75, 3.05) is 51.2 Å². The molecule has 0 aliphatic carbocycles. The van der Waals surface area contributed by atoms with E-state index in [-0.39, 0.29) is 0 Å². The maximum Gasteiger partial charge on any atom is 0.191 e. The van der Waals surface area contributed by atoms with Crippen molar-refractivity contribution in [2.45, 2.75) is 32.2 Å². The zero-order valence-electron chi connectivity index (χ0n) is 16.0. The third-order valence-corrected chi connectivity index (χ3v) is 5.94. The van der Waals surface area contributed by atoms with E-state index in [0.717, 1.165) is 42.4 Å². The fraction of sp³-hybridized carbons (Fsp3) is 0.650. The van der Waals surface area contributed by atoms with Crippen LogP contribution in [0.25, 0.3) is 0 Å². The Morgan fingerprint density at radius 3 is 2.73 bits per heavy atom. The van der Waals surface area contributed by atoms with E-state index in [1.165, 1.54) is 38.2 Å². The van der Waals surface area contributed by atoms with Gasteiger partial charge in [-0.05, 0) is 62.5 Å². The molecule has 0 radical (unpaired) electrons. The minimum atomic E-state index is 0.449. The predicted octanol–water partition coefficient (Wildman–Crippen LogP) is 2.92. The van der Waals surface area contributed by atoms with Crippen molar-refractivity contribution in [3.63, 3.8) is 0 Å². The van der Waals surface area contributed by atoms with E-state index in [2.05, 4.69) is 72.5 Å². The number of rotatable bonds is 6. The minimum absolute atomic E-state index is 0.449. The summed E-state index contributed by atoms with van der Waals surface area (Å²) in [7, 11) is 1.87. The highest BCUT2D eigenvalue weighted by Gasteiger charge is 2.25. The average molecular weight is 422 g/mol. The summed E-state index contributed by atoms with van der Waals surface area (Å²) in [6.45, 7) is 9.09. The largest absolute Gasteiger partial charge is 0.369 e. The van der Waals surface area contributed by atoms with Crippen LogP contribution in [-0.2, 0) is 0 Å². The van der Waals surface area contributed by atoms with Crippen molar-refractivity contribution >= 4 is 27.6 Å². The topological polar surface area (TPSA) is 42.9 Å². The molecule has 6 heteroatoms. The highest BCUT2D eigenvalue weighted by molar-refractivity contribution is 9.10. The van der Waals surface area contributed by atoms with Gasteiger partial charge in [-0.3, -0.25) is 4.99 Å². The van der Waals surface area contributed by atoms with Crippen molar-refractivity contribution in [3.8, 4) is 0 Å². The number of guanidine groups is 1. The van der Waals surface area contributed by atoms with Gasteiger partial charge in [-0.25, -0.2) is 0 Å². The Hall–Kier alpha value is -1.27. The molecule has 0 saturated carbocycles. The number of nitrogens with one attached hydrogen (secondary N) is 2. The lowest BCUT2D eigenvalue weighted by molar-refractivity contribution is 0.324. The molecule has 2 unspecified atom stereocenters. The smallest absolute Gasteiger partial charge is 0.191 e. The van der Waals surface area contributed by atoms with Crippen molar-refractivity contribution in [2.24, 2.45) is 10.9 Å². The Morgan fingerprint density at radius 1 is 1.19 bits per heavy atom. The van der Waals surface area contributed by atoms with E-state index in [9.17, 15) is 0 Å². The van der Waals surface area contributed by atoms with Gasteiger partial charge in [0, 0.05) is 49.4 Å². The highest BCUT2D eigenvalue weighted by Crippen LogP contribution is 2.22. The molecule has 2 heterocycles. The van der Waals surface area contributed by atoms with Gasteiger partial charge in [-0.1, -0.05) is 22.9 Å². The molecule has 0 bridgehead atoms. The molecule has 144 valence electrons. The first kappa shape index (κ1) is 19.5. The lowest BCUT2D eigenvalue weighted by Gasteiger charge is -2.21. The molecule has 3 rings (SSSR count). The predicted molar refractivity (Wildman–Crippen MR) is 114 cm³/mol. The van der Waals surface area contributed by atoms with Gasteiger partial charge in [0.25, 0.3) is 0 Å². The third kappa shape index (κ3) is 5.36. The Balaban J connectivity index is 1.42. The molecule has 0 amide bonds. The van der Waals surface area contributed by atoms with E-state index >= 15 is 0 Å². The van der Waals surface area contributed by atoms with Crippen LogP contribution in [-0.4, -0.2) is 63.2 Å². The first-order chi connectivity index (χ1) is 12.7. The highest BCUT2D eigenvalue weighted by atomic mass is 79.9. The summed E-state index contributed by atoms with van der Waals surface area (Å²) in [5.74, 6) is 1.68. The van der Waals surface area contributed by atoms with Crippen LogP contribution in [0, 0.1) is 5.92 Å². The molecular weight excluding hydrogens is 390 g/mol. The second kappa shape index (κ2) is 9.60. The van der Waals surface area contributed by atoms with Crippen LogP contribution in [0.1, 0.15) is 26.2 Å². The molecule has 0 spiro atoms. The fourth-order valence-electron chi connectivity index (χ4n) is 3.99. The molecule has 2 N–H and O–H groups in total. The summed E-state index contributed by atoms with van der Waals surface area (Å²) < 4.78 is 1.13. The second-order valence-corrected chi connectivity index (χ2v) is 8.38. The molecule has 2 saturated heterocycles. The molecule has 1 aromatic rings. The Kier molecular flexibility index (Phi) is 7.20. The van der Waals surface area contributed by atoms with E-state index in [1.54, 1.807) is 0 Å². The SMILES string of the molecule is CCCN1CCC(CNC(=NC)NC2CCN(c3ccc(Br)cc3)C2)C1. The second-order valence-electron chi connectivity index (χ2n) is 7.46. The normalized spacial score (nSPS) is 24.3. The summed E-state index contributed by atoms with van der Waals surface area (Å²) in [4.78, 5) is 9.45. The first-order valence-electron chi connectivity index (χ1n) is 9.88. The maximum atomic E-state index is 4.43. The van der Waals surface area contributed by atoms with E-state index in [1.807, 2.05) is 7.05 Å². The number of hydrogen-bond donors (Lipinski definition) is 2. The third-order valence-electron chi connectivity index (χ3n) is 5.41. The Labute approximate surface area is 166 Å². The van der Waals surface area contributed by atoms with Gasteiger partial charge >= 0.3 is 0 Å². The molecule has 2 atom stereocenters. The number of benzene rings is 1. The van der Waals surface area contributed by atoms with Crippen LogP contribution in [0.15, 0.2) is 33.7 Å². The number of nitrogens with zero attached hydrogens (tertiary/aromatic N) is 3. The summed E-state index contributed by atoms with van der Waals surface area (Å²) >= 11 is 3.51. The summed E-state index contributed by atoms with van der Waals surface area (Å²) in [6.07, 6.45) is 3.69. The van der Waals surface area contributed by atoms with Gasteiger partial charge in [0.1, 0.15) is 0 Å². The Morgan fingerprint density at radius 2 is 2.00 bits per heavy atom. The van der Waals surface area contributed by atoms with Gasteiger partial charge in [0.2, 0.25) is 0 Å². The van der Waals surface area contributed by atoms with Gasteiger partial charge in [-0.15, -0.1) is 0 Å². The van der Waals surface area contributed by atoms with Gasteiger partial charge in [0.15, 0.2) is 5.96 Å². The zero-order valence-corrected chi connectivity index (χ0v) is 17.6.